The molecule has 5 nitrogen and oxygen atoms in total. The van der Waals surface area contributed by atoms with Crippen molar-refractivity contribution >= 4 is 22.4 Å². The van der Waals surface area contributed by atoms with Crippen molar-refractivity contribution in [1.29, 1.82) is 0 Å². The number of aromatic nitrogens is 1. The standard InChI is InChI=1S/C16H13N3O2/c17-15-13(10-11-6-2-1-3-7-11)12-8-4-5-9-14(12)18-16(15)19(20)21/h1-9H,10,17H2. The van der Waals surface area contributed by atoms with Crippen LogP contribution in [0.1, 0.15) is 11.1 Å². The van der Waals surface area contributed by atoms with E-state index < -0.39 is 4.92 Å². The van der Waals surface area contributed by atoms with Gasteiger partial charge in [0.2, 0.25) is 0 Å². The van der Waals surface area contributed by atoms with Crippen LogP contribution in [0.25, 0.3) is 10.9 Å². The van der Waals surface area contributed by atoms with Gasteiger partial charge in [0.15, 0.2) is 5.52 Å². The lowest BCUT2D eigenvalue weighted by Gasteiger charge is -2.09. The van der Waals surface area contributed by atoms with Crippen LogP contribution in [0.3, 0.4) is 0 Å². The number of anilines is 1. The maximum atomic E-state index is 11.1. The van der Waals surface area contributed by atoms with Crippen LogP contribution in [-0.2, 0) is 6.42 Å². The molecule has 0 aliphatic carbocycles. The second kappa shape index (κ2) is 5.20. The average Bonchev–Trinajstić information content (AvgIpc) is 2.50. The number of benzene rings is 2. The van der Waals surface area contributed by atoms with Crippen LogP contribution in [0.15, 0.2) is 54.6 Å². The van der Waals surface area contributed by atoms with Gasteiger partial charge in [0, 0.05) is 11.8 Å². The quantitative estimate of drug-likeness (QED) is 0.589. The van der Waals surface area contributed by atoms with Gasteiger partial charge in [-0.15, -0.1) is 0 Å². The maximum Gasteiger partial charge on any atom is 0.387 e. The van der Waals surface area contributed by atoms with Gasteiger partial charge in [-0.1, -0.05) is 48.5 Å². The Bertz CT molecular complexity index is 816. The molecule has 0 amide bonds. The van der Waals surface area contributed by atoms with Gasteiger partial charge in [-0.3, -0.25) is 0 Å². The number of fused-ring (bicyclic) bond motifs is 1. The van der Waals surface area contributed by atoms with E-state index in [0.29, 0.717) is 11.9 Å². The Kier molecular flexibility index (Phi) is 3.23. The number of nitro groups is 1. The van der Waals surface area contributed by atoms with E-state index in [9.17, 15) is 10.1 Å². The van der Waals surface area contributed by atoms with E-state index in [1.807, 2.05) is 48.5 Å². The van der Waals surface area contributed by atoms with Gasteiger partial charge in [-0.05, 0) is 27.1 Å². The SMILES string of the molecule is Nc1c([N+](=O)[O-])nc2ccccc2c1Cc1ccccc1. The van der Waals surface area contributed by atoms with E-state index in [-0.39, 0.29) is 11.5 Å². The Morgan fingerprint density at radius 3 is 2.43 bits per heavy atom. The monoisotopic (exact) mass is 279 g/mol. The van der Waals surface area contributed by atoms with E-state index >= 15 is 0 Å². The lowest BCUT2D eigenvalue weighted by atomic mass is 9.99. The van der Waals surface area contributed by atoms with Crippen LogP contribution >= 0.6 is 0 Å². The van der Waals surface area contributed by atoms with Crippen molar-refractivity contribution in [2.24, 2.45) is 0 Å². The summed E-state index contributed by atoms with van der Waals surface area (Å²) in [5.74, 6) is -0.278. The van der Waals surface area contributed by atoms with Gasteiger partial charge in [0.25, 0.3) is 0 Å². The molecule has 0 unspecified atom stereocenters. The Hall–Kier alpha value is -2.95. The number of nitrogens with zero attached hydrogens (tertiary/aromatic N) is 2. The molecule has 0 aliphatic rings. The number of para-hydroxylation sites is 1. The molecule has 0 radical (unpaired) electrons. The molecule has 0 aliphatic heterocycles. The average molecular weight is 279 g/mol. The molecule has 21 heavy (non-hydrogen) atoms. The Balaban J connectivity index is 2.23. The van der Waals surface area contributed by atoms with Gasteiger partial charge in [0.1, 0.15) is 5.69 Å². The first kappa shape index (κ1) is 13.1. The first-order valence-electron chi connectivity index (χ1n) is 6.52. The summed E-state index contributed by atoms with van der Waals surface area (Å²) in [5.41, 5.74) is 8.52. The number of pyridine rings is 1. The molecular formula is C16H13N3O2. The normalized spacial score (nSPS) is 10.7. The van der Waals surface area contributed by atoms with E-state index in [1.54, 1.807) is 6.07 Å². The van der Waals surface area contributed by atoms with Gasteiger partial charge in [-0.2, -0.15) is 0 Å². The number of hydrogen-bond acceptors (Lipinski definition) is 4. The van der Waals surface area contributed by atoms with Crippen molar-refractivity contribution < 1.29 is 4.92 Å². The second-order valence-corrected chi connectivity index (χ2v) is 4.76. The maximum absolute atomic E-state index is 11.1. The van der Waals surface area contributed by atoms with Crippen molar-refractivity contribution in [3.05, 3.63) is 75.8 Å². The summed E-state index contributed by atoms with van der Waals surface area (Å²) >= 11 is 0. The van der Waals surface area contributed by atoms with E-state index in [0.717, 1.165) is 16.5 Å². The third kappa shape index (κ3) is 2.41. The lowest BCUT2D eigenvalue weighted by Crippen LogP contribution is -2.05. The van der Waals surface area contributed by atoms with Crippen molar-refractivity contribution in [2.75, 3.05) is 5.73 Å². The highest BCUT2D eigenvalue weighted by Crippen LogP contribution is 2.31. The molecule has 5 heteroatoms. The highest BCUT2D eigenvalue weighted by atomic mass is 16.6. The molecule has 2 N–H and O–H groups in total. The van der Waals surface area contributed by atoms with Crippen LogP contribution in [0, 0.1) is 10.1 Å². The molecule has 0 bridgehead atoms. The molecular weight excluding hydrogens is 266 g/mol. The highest BCUT2D eigenvalue weighted by molar-refractivity contribution is 5.89. The Labute approximate surface area is 121 Å². The molecule has 0 spiro atoms. The third-order valence-corrected chi connectivity index (χ3v) is 3.42. The number of rotatable bonds is 3. The summed E-state index contributed by atoms with van der Waals surface area (Å²) in [4.78, 5) is 14.7. The number of nitrogen functional groups attached to an aromatic ring is 1. The van der Waals surface area contributed by atoms with Crippen molar-refractivity contribution in [1.82, 2.24) is 4.98 Å². The van der Waals surface area contributed by atoms with E-state index in [2.05, 4.69) is 4.98 Å². The van der Waals surface area contributed by atoms with Gasteiger partial charge in [-0.25, -0.2) is 0 Å². The topological polar surface area (TPSA) is 82.0 Å². The van der Waals surface area contributed by atoms with Crippen molar-refractivity contribution in [3.8, 4) is 0 Å². The smallest absolute Gasteiger partial charge is 0.387 e. The van der Waals surface area contributed by atoms with E-state index in [1.165, 1.54) is 0 Å². The summed E-state index contributed by atoms with van der Waals surface area (Å²) in [5, 5.41) is 12.0. The molecule has 0 fully saturated rings. The molecule has 3 aromatic rings. The molecule has 104 valence electrons. The zero-order valence-corrected chi connectivity index (χ0v) is 11.2. The van der Waals surface area contributed by atoms with Crippen LogP contribution < -0.4 is 5.73 Å². The Morgan fingerprint density at radius 1 is 1.05 bits per heavy atom. The van der Waals surface area contributed by atoms with Crippen LogP contribution in [-0.4, -0.2) is 9.91 Å². The van der Waals surface area contributed by atoms with Gasteiger partial charge >= 0.3 is 5.82 Å². The summed E-state index contributed by atoms with van der Waals surface area (Å²) in [6.45, 7) is 0. The molecule has 1 aromatic heterocycles. The molecule has 0 saturated carbocycles. The molecule has 0 atom stereocenters. The van der Waals surface area contributed by atoms with Crippen LogP contribution in [0.2, 0.25) is 0 Å². The van der Waals surface area contributed by atoms with Crippen LogP contribution in [0.5, 0.6) is 0 Å². The predicted molar refractivity (Wildman–Crippen MR) is 82.1 cm³/mol. The van der Waals surface area contributed by atoms with Gasteiger partial charge < -0.3 is 15.8 Å². The summed E-state index contributed by atoms with van der Waals surface area (Å²) in [6.07, 6.45) is 0.538. The molecule has 0 saturated heterocycles. The second-order valence-electron chi connectivity index (χ2n) is 4.76. The summed E-state index contributed by atoms with van der Waals surface area (Å²) < 4.78 is 0. The first-order chi connectivity index (χ1) is 10.2. The summed E-state index contributed by atoms with van der Waals surface area (Å²) in [7, 11) is 0. The Morgan fingerprint density at radius 2 is 1.71 bits per heavy atom. The number of nitrogens with two attached hydrogens (primary N) is 1. The summed E-state index contributed by atoms with van der Waals surface area (Å²) in [6, 6.07) is 17.1. The fourth-order valence-corrected chi connectivity index (χ4v) is 2.41. The zero-order chi connectivity index (χ0) is 14.8. The lowest BCUT2D eigenvalue weighted by molar-refractivity contribution is -0.388. The van der Waals surface area contributed by atoms with Crippen LogP contribution in [0.4, 0.5) is 11.5 Å². The van der Waals surface area contributed by atoms with Crippen molar-refractivity contribution in [2.45, 2.75) is 6.42 Å². The van der Waals surface area contributed by atoms with Gasteiger partial charge in [0.05, 0.1) is 0 Å². The minimum Gasteiger partial charge on any atom is -0.392 e. The minimum atomic E-state index is -0.531. The third-order valence-electron chi connectivity index (χ3n) is 3.42. The molecule has 1 heterocycles. The fraction of sp³-hybridized carbons (Fsp3) is 0.0625. The van der Waals surface area contributed by atoms with E-state index in [4.69, 9.17) is 5.73 Å². The fourth-order valence-electron chi connectivity index (χ4n) is 2.41. The predicted octanol–water partition coefficient (Wildman–Crippen LogP) is 3.32. The zero-order valence-electron chi connectivity index (χ0n) is 11.2. The van der Waals surface area contributed by atoms with Crippen molar-refractivity contribution in [3.63, 3.8) is 0 Å². The number of hydrogen-bond donors (Lipinski definition) is 1. The minimum absolute atomic E-state index is 0.141. The largest absolute Gasteiger partial charge is 0.392 e. The first-order valence-corrected chi connectivity index (χ1v) is 6.52. The molecule has 3 rings (SSSR count). The highest BCUT2D eigenvalue weighted by Gasteiger charge is 2.21. The molecule has 2 aromatic carbocycles.